The first-order valence-electron chi connectivity index (χ1n) is 8.97. The molecule has 6 N–H and O–H groups in total. The van der Waals surface area contributed by atoms with Gasteiger partial charge in [-0.1, -0.05) is 11.8 Å². The SMILES string of the molecule is C[C@](O)([C@H](NC(=O)c1ccc(C#CC#Cc2ccc(N)cc2)cc1)C(=O)NO)C(F)(F)F. The number of alkyl halides is 3. The number of benzene rings is 2. The molecular weight excluding hydrogens is 427 g/mol. The van der Waals surface area contributed by atoms with Crippen molar-refractivity contribution in [2.24, 2.45) is 0 Å². The van der Waals surface area contributed by atoms with Gasteiger partial charge in [-0.05, 0) is 67.3 Å². The molecule has 0 aliphatic rings. The number of nitrogens with one attached hydrogen (secondary N) is 2. The predicted molar refractivity (Wildman–Crippen MR) is 109 cm³/mol. The molecule has 0 spiro atoms. The summed E-state index contributed by atoms with van der Waals surface area (Å²) in [5, 5.41) is 20.2. The summed E-state index contributed by atoms with van der Waals surface area (Å²) in [5.41, 5.74) is 4.65. The Morgan fingerprint density at radius 3 is 1.88 bits per heavy atom. The Balaban J connectivity index is 2.13. The number of amides is 2. The number of rotatable bonds is 4. The van der Waals surface area contributed by atoms with E-state index in [0.29, 0.717) is 18.2 Å². The lowest BCUT2D eigenvalue weighted by molar-refractivity contribution is -0.260. The van der Waals surface area contributed by atoms with Gasteiger partial charge in [-0.3, -0.25) is 14.8 Å². The monoisotopic (exact) mass is 445 g/mol. The van der Waals surface area contributed by atoms with Gasteiger partial charge in [0.05, 0.1) is 0 Å². The van der Waals surface area contributed by atoms with Gasteiger partial charge in [0.15, 0.2) is 5.60 Å². The van der Waals surface area contributed by atoms with Gasteiger partial charge in [-0.25, -0.2) is 5.48 Å². The highest BCUT2D eigenvalue weighted by Gasteiger charge is 2.58. The molecule has 2 atom stereocenters. The molecule has 166 valence electrons. The summed E-state index contributed by atoms with van der Waals surface area (Å²) in [6, 6.07) is 9.75. The molecule has 10 heteroatoms. The zero-order valence-corrected chi connectivity index (χ0v) is 16.6. The molecule has 2 aromatic carbocycles. The standard InChI is InChI=1S/C22H18F3N3O4/c1-21(31,22(23,24)25)18(20(30)28-32)27-19(29)16-10-6-14(7-11-16)4-2-3-5-15-8-12-17(26)13-9-15/h6-13,18,31-32H,26H2,1H3,(H,27,29)(H,28,30)/t18-,21+/m1/s1. The third-order valence-corrected chi connectivity index (χ3v) is 4.32. The molecule has 0 aromatic heterocycles. The van der Waals surface area contributed by atoms with Crippen molar-refractivity contribution >= 4 is 17.5 Å². The molecule has 0 heterocycles. The Hall–Kier alpha value is -3.99. The molecule has 32 heavy (non-hydrogen) atoms. The fourth-order valence-electron chi connectivity index (χ4n) is 2.38. The summed E-state index contributed by atoms with van der Waals surface area (Å²) in [5.74, 6) is 8.12. The molecule has 2 rings (SSSR count). The quantitative estimate of drug-likeness (QED) is 0.212. The van der Waals surface area contributed by atoms with E-state index in [-0.39, 0.29) is 5.56 Å². The van der Waals surface area contributed by atoms with Crippen molar-refractivity contribution in [2.45, 2.75) is 24.7 Å². The highest BCUT2D eigenvalue weighted by molar-refractivity contribution is 5.97. The molecule has 0 saturated heterocycles. The van der Waals surface area contributed by atoms with Gasteiger partial charge in [0.1, 0.15) is 6.04 Å². The number of nitrogen functional groups attached to an aromatic ring is 1. The number of carbonyl (C=O) groups excluding carboxylic acids is 2. The van der Waals surface area contributed by atoms with E-state index in [9.17, 15) is 27.9 Å². The van der Waals surface area contributed by atoms with Gasteiger partial charge in [0.25, 0.3) is 11.8 Å². The first-order chi connectivity index (χ1) is 15.0. The predicted octanol–water partition coefficient (Wildman–Crippen LogP) is 1.59. The number of hydrogen-bond acceptors (Lipinski definition) is 5. The number of anilines is 1. The average Bonchev–Trinajstić information content (AvgIpc) is 2.75. The van der Waals surface area contributed by atoms with Gasteiger partial charge in [-0.2, -0.15) is 13.2 Å². The fraction of sp³-hybridized carbons (Fsp3) is 0.182. The maximum atomic E-state index is 13.1. The largest absolute Gasteiger partial charge is 0.419 e. The third-order valence-electron chi connectivity index (χ3n) is 4.32. The summed E-state index contributed by atoms with van der Waals surface area (Å²) in [4.78, 5) is 23.9. The molecule has 0 aliphatic heterocycles. The molecule has 2 amide bonds. The van der Waals surface area contributed by atoms with E-state index in [1.165, 1.54) is 24.3 Å². The van der Waals surface area contributed by atoms with Gasteiger partial charge >= 0.3 is 6.18 Å². The van der Waals surface area contributed by atoms with Crippen LogP contribution >= 0.6 is 0 Å². The highest BCUT2D eigenvalue weighted by Crippen LogP contribution is 2.33. The zero-order chi connectivity index (χ0) is 23.9. The van der Waals surface area contributed by atoms with Crippen LogP contribution in [0.25, 0.3) is 0 Å². The topological polar surface area (TPSA) is 125 Å². The van der Waals surface area contributed by atoms with Gasteiger partial charge in [-0.15, -0.1) is 0 Å². The summed E-state index contributed by atoms with van der Waals surface area (Å²) in [6.45, 7) is 0.303. The van der Waals surface area contributed by atoms with Crippen LogP contribution in [0.1, 0.15) is 28.4 Å². The van der Waals surface area contributed by atoms with Crippen LogP contribution < -0.4 is 16.5 Å². The van der Waals surface area contributed by atoms with Crippen molar-refractivity contribution < 1.29 is 33.1 Å². The lowest BCUT2D eigenvalue weighted by Crippen LogP contribution is -2.64. The number of hydroxylamine groups is 1. The molecular formula is C22H18F3N3O4. The first kappa shape index (κ1) is 24.3. The number of carbonyl (C=O) groups is 2. The Labute approximate surface area is 181 Å². The van der Waals surface area contributed by atoms with Crippen LogP contribution in [0.2, 0.25) is 0 Å². The highest BCUT2D eigenvalue weighted by atomic mass is 19.4. The molecule has 0 saturated carbocycles. The average molecular weight is 445 g/mol. The number of nitrogens with two attached hydrogens (primary N) is 1. The Morgan fingerprint density at radius 1 is 0.969 bits per heavy atom. The van der Waals surface area contributed by atoms with E-state index in [1.807, 2.05) is 0 Å². The van der Waals surface area contributed by atoms with Crippen LogP contribution in [0.4, 0.5) is 18.9 Å². The van der Waals surface area contributed by atoms with Crippen molar-refractivity contribution in [2.75, 3.05) is 5.73 Å². The van der Waals surface area contributed by atoms with E-state index in [0.717, 1.165) is 11.0 Å². The first-order valence-corrected chi connectivity index (χ1v) is 8.97. The second-order valence-corrected chi connectivity index (χ2v) is 6.73. The van der Waals surface area contributed by atoms with Crippen molar-refractivity contribution in [3.63, 3.8) is 0 Å². The van der Waals surface area contributed by atoms with Gasteiger partial charge in [0, 0.05) is 22.4 Å². The van der Waals surface area contributed by atoms with Crippen LogP contribution in [0, 0.1) is 23.7 Å². The summed E-state index contributed by atoms with van der Waals surface area (Å²) < 4.78 is 39.2. The van der Waals surface area contributed by atoms with Crippen LogP contribution in [0.5, 0.6) is 0 Å². The van der Waals surface area contributed by atoms with Gasteiger partial charge in [0.2, 0.25) is 0 Å². The number of halogens is 3. The van der Waals surface area contributed by atoms with Crippen molar-refractivity contribution in [3.8, 4) is 23.7 Å². The third kappa shape index (κ3) is 6.01. The minimum Gasteiger partial charge on any atom is -0.399 e. The second kappa shape index (κ2) is 9.88. The summed E-state index contributed by atoms with van der Waals surface area (Å²) in [6.07, 6.45) is -5.26. The normalized spacial score (nSPS) is 13.3. The second-order valence-electron chi connectivity index (χ2n) is 6.73. The zero-order valence-electron chi connectivity index (χ0n) is 16.6. The summed E-state index contributed by atoms with van der Waals surface area (Å²) >= 11 is 0. The van der Waals surface area contributed by atoms with E-state index < -0.39 is 29.6 Å². The maximum Gasteiger partial charge on any atom is 0.419 e. The molecule has 2 aromatic rings. The summed E-state index contributed by atoms with van der Waals surface area (Å²) in [7, 11) is 0. The molecule has 0 radical (unpaired) electrons. The lowest BCUT2D eigenvalue weighted by atomic mass is 9.94. The van der Waals surface area contributed by atoms with E-state index in [2.05, 4.69) is 23.7 Å². The number of hydrogen-bond donors (Lipinski definition) is 5. The molecule has 0 unspecified atom stereocenters. The Kier molecular flexibility index (Phi) is 7.50. The van der Waals surface area contributed by atoms with Crippen molar-refractivity contribution in [1.82, 2.24) is 10.8 Å². The molecule has 7 nitrogen and oxygen atoms in total. The van der Waals surface area contributed by atoms with E-state index in [4.69, 9.17) is 10.9 Å². The Bertz CT molecular complexity index is 1100. The van der Waals surface area contributed by atoms with Crippen LogP contribution in [0.15, 0.2) is 48.5 Å². The van der Waals surface area contributed by atoms with E-state index >= 15 is 0 Å². The van der Waals surface area contributed by atoms with Crippen molar-refractivity contribution in [1.29, 1.82) is 0 Å². The fourth-order valence-corrected chi connectivity index (χ4v) is 2.38. The minimum absolute atomic E-state index is 0.0998. The molecule has 0 aliphatic carbocycles. The Morgan fingerprint density at radius 2 is 1.44 bits per heavy atom. The van der Waals surface area contributed by atoms with Crippen molar-refractivity contribution in [3.05, 3.63) is 65.2 Å². The maximum absolute atomic E-state index is 13.1. The number of aliphatic hydroxyl groups is 1. The smallest absolute Gasteiger partial charge is 0.399 e. The molecule has 0 bridgehead atoms. The minimum atomic E-state index is -5.26. The van der Waals surface area contributed by atoms with Crippen LogP contribution in [-0.2, 0) is 4.79 Å². The van der Waals surface area contributed by atoms with E-state index in [1.54, 1.807) is 29.6 Å². The van der Waals surface area contributed by atoms with Gasteiger partial charge < -0.3 is 16.2 Å². The lowest BCUT2D eigenvalue weighted by Gasteiger charge is -2.33. The van der Waals surface area contributed by atoms with Crippen LogP contribution in [0.3, 0.4) is 0 Å². The van der Waals surface area contributed by atoms with Crippen LogP contribution in [-0.4, -0.2) is 39.9 Å². The molecule has 0 fully saturated rings.